The molecular formula is C10H20N4O3. The number of nitrogens with one attached hydrogen (secondary N) is 1. The Balaban J connectivity index is 2.19. The third-order valence-electron chi connectivity index (χ3n) is 2.84. The maximum Gasteiger partial charge on any atom is 0.320 e. The number of piperazine rings is 1. The first-order chi connectivity index (χ1) is 8.00. The van der Waals surface area contributed by atoms with Crippen molar-refractivity contribution in [2.75, 3.05) is 39.8 Å². The number of likely N-dealkylation sites (N-methyl/N-ethyl adjacent to an activating group) is 1. The van der Waals surface area contributed by atoms with Gasteiger partial charge in [0.2, 0.25) is 0 Å². The van der Waals surface area contributed by atoms with Crippen LogP contribution >= 0.6 is 0 Å². The van der Waals surface area contributed by atoms with E-state index in [1.165, 1.54) is 0 Å². The highest BCUT2D eigenvalue weighted by Gasteiger charge is 2.19. The van der Waals surface area contributed by atoms with Gasteiger partial charge in [0.1, 0.15) is 6.04 Å². The molecule has 1 atom stereocenters. The number of aliphatic carboxylic acids is 1. The highest BCUT2D eigenvalue weighted by molar-refractivity contribution is 5.75. The Bertz CT molecular complexity index is 277. The summed E-state index contributed by atoms with van der Waals surface area (Å²) in [4.78, 5) is 26.0. The molecule has 7 nitrogen and oxygen atoms in total. The van der Waals surface area contributed by atoms with Crippen LogP contribution in [-0.4, -0.2) is 72.7 Å². The summed E-state index contributed by atoms with van der Waals surface area (Å²) in [5.41, 5.74) is 5.33. The molecule has 0 aromatic carbocycles. The van der Waals surface area contributed by atoms with Crippen molar-refractivity contribution in [2.45, 2.75) is 12.5 Å². The first kappa shape index (κ1) is 13.7. The minimum Gasteiger partial charge on any atom is -0.480 e. The fourth-order valence-electron chi connectivity index (χ4n) is 1.58. The van der Waals surface area contributed by atoms with Gasteiger partial charge >= 0.3 is 12.0 Å². The van der Waals surface area contributed by atoms with E-state index in [0.717, 1.165) is 13.1 Å². The first-order valence-corrected chi connectivity index (χ1v) is 5.70. The third kappa shape index (κ3) is 4.58. The van der Waals surface area contributed by atoms with Gasteiger partial charge in [0.15, 0.2) is 0 Å². The lowest BCUT2D eigenvalue weighted by molar-refractivity contribution is -0.138. The summed E-state index contributed by atoms with van der Waals surface area (Å²) in [7, 11) is 2.02. The molecule has 0 saturated carbocycles. The van der Waals surface area contributed by atoms with E-state index in [1.807, 2.05) is 7.05 Å². The second-order valence-corrected chi connectivity index (χ2v) is 4.26. The van der Waals surface area contributed by atoms with Gasteiger partial charge in [-0.2, -0.15) is 0 Å². The number of carbonyl (C=O) groups excluding carboxylic acids is 1. The van der Waals surface area contributed by atoms with E-state index in [4.69, 9.17) is 10.8 Å². The van der Waals surface area contributed by atoms with Gasteiger partial charge in [-0.3, -0.25) is 4.79 Å². The lowest BCUT2D eigenvalue weighted by Gasteiger charge is -2.32. The monoisotopic (exact) mass is 244 g/mol. The molecule has 2 amide bonds. The molecular weight excluding hydrogens is 224 g/mol. The molecule has 1 aliphatic heterocycles. The molecule has 4 N–H and O–H groups in total. The van der Waals surface area contributed by atoms with E-state index in [1.54, 1.807) is 4.90 Å². The standard InChI is InChI=1S/C10H20N4O3/c1-13-4-6-14(7-5-13)10(17)12-3-2-8(11)9(15)16/h8H,2-7,11H2,1H3,(H,12,17)(H,15,16). The summed E-state index contributed by atoms with van der Waals surface area (Å²) < 4.78 is 0. The van der Waals surface area contributed by atoms with Crippen molar-refractivity contribution in [3.8, 4) is 0 Å². The number of nitrogens with zero attached hydrogens (tertiary/aromatic N) is 2. The molecule has 0 bridgehead atoms. The average Bonchev–Trinajstić information content (AvgIpc) is 2.29. The molecule has 1 rings (SSSR count). The number of hydrogen-bond acceptors (Lipinski definition) is 4. The van der Waals surface area contributed by atoms with Crippen molar-refractivity contribution in [3.63, 3.8) is 0 Å². The molecule has 1 heterocycles. The van der Waals surface area contributed by atoms with E-state index >= 15 is 0 Å². The van der Waals surface area contributed by atoms with Crippen LogP contribution in [0.2, 0.25) is 0 Å². The SMILES string of the molecule is CN1CCN(C(=O)NCCC(N)C(=O)O)CC1. The lowest BCUT2D eigenvalue weighted by Crippen LogP contribution is -2.51. The summed E-state index contributed by atoms with van der Waals surface area (Å²) in [5.74, 6) is -1.04. The number of rotatable bonds is 4. The van der Waals surface area contributed by atoms with Crippen LogP contribution < -0.4 is 11.1 Å². The molecule has 0 aromatic rings. The predicted molar refractivity (Wildman–Crippen MR) is 62.7 cm³/mol. The minimum absolute atomic E-state index is 0.143. The molecule has 1 unspecified atom stereocenters. The van der Waals surface area contributed by atoms with Crippen LogP contribution in [0.4, 0.5) is 4.79 Å². The van der Waals surface area contributed by atoms with Crippen molar-refractivity contribution in [2.24, 2.45) is 5.73 Å². The van der Waals surface area contributed by atoms with Crippen molar-refractivity contribution in [1.82, 2.24) is 15.1 Å². The number of hydrogen-bond donors (Lipinski definition) is 3. The summed E-state index contributed by atoms with van der Waals surface area (Å²) in [6, 6.07) is -1.06. The topological polar surface area (TPSA) is 98.9 Å². The quantitative estimate of drug-likeness (QED) is 0.573. The number of amides is 2. The fourth-order valence-corrected chi connectivity index (χ4v) is 1.58. The molecule has 1 aliphatic rings. The number of nitrogens with two attached hydrogens (primary N) is 1. The number of carboxylic acid groups (broad SMARTS) is 1. The summed E-state index contributed by atoms with van der Waals surface area (Å²) >= 11 is 0. The molecule has 0 aromatic heterocycles. The normalized spacial score (nSPS) is 18.8. The fraction of sp³-hybridized carbons (Fsp3) is 0.800. The van der Waals surface area contributed by atoms with Crippen LogP contribution in [0.5, 0.6) is 0 Å². The summed E-state index contributed by atoms with van der Waals surface area (Å²) in [6.07, 6.45) is 0.245. The molecule has 7 heteroatoms. The van der Waals surface area contributed by atoms with Crippen LogP contribution in [0.15, 0.2) is 0 Å². The zero-order valence-electron chi connectivity index (χ0n) is 10.1. The number of urea groups is 1. The van der Waals surface area contributed by atoms with E-state index in [2.05, 4.69) is 10.2 Å². The largest absolute Gasteiger partial charge is 0.480 e. The smallest absolute Gasteiger partial charge is 0.320 e. The zero-order chi connectivity index (χ0) is 12.8. The maximum absolute atomic E-state index is 11.7. The van der Waals surface area contributed by atoms with Gasteiger partial charge in [-0.1, -0.05) is 0 Å². The van der Waals surface area contributed by atoms with Gasteiger partial charge in [-0.15, -0.1) is 0 Å². The van der Waals surface area contributed by atoms with Gasteiger partial charge in [-0.05, 0) is 13.5 Å². The van der Waals surface area contributed by atoms with Crippen molar-refractivity contribution in [3.05, 3.63) is 0 Å². The van der Waals surface area contributed by atoms with Gasteiger partial charge in [0.25, 0.3) is 0 Å². The lowest BCUT2D eigenvalue weighted by atomic mass is 10.2. The maximum atomic E-state index is 11.7. The molecule has 0 aliphatic carbocycles. The Morgan fingerprint density at radius 3 is 2.47 bits per heavy atom. The third-order valence-corrected chi connectivity index (χ3v) is 2.84. The Morgan fingerprint density at radius 2 is 1.94 bits per heavy atom. The molecule has 17 heavy (non-hydrogen) atoms. The van der Waals surface area contributed by atoms with Crippen LogP contribution in [0.25, 0.3) is 0 Å². The van der Waals surface area contributed by atoms with Crippen LogP contribution in [0.1, 0.15) is 6.42 Å². The first-order valence-electron chi connectivity index (χ1n) is 5.70. The highest BCUT2D eigenvalue weighted by Crippen LogP contribution is 1.99. The average molecular weight is 244 g/mol. The Hall–Kier alpha value is -1.34. The molecule has 98 valence electrons. The zero-order valence-corrected chi connectivity index (χ0v) is 10.1. The van der Waals surface area contributed by atoms with Crippen LogP contribution in [-0.2, 0) is 4.79 Å². The molecule has 0 spiro atoms. The molecule has 1 saturated heterocycles. The Labute approximate surface area is 101 Å². The van der Waals surface area contributed by atoms with E-state index < -0.39 is 12.0 Å². The summed E-state index contributed by atoms with van der Waals surface area (Å²) in [6.45, 7) is 3.42. The summed E-state index contributed by atoms with van der Waals surface area (Å²) in [5, 5.41) is 11.2. The van der Waals surface area contributed by atoms with Crippen LogP contribution in [0, 0.1) is 0 Å². The van der Waals surface area contributed by atoms with Crippen molar-refractivity contribution >= 4 is 12.0 Å². The second kappa shape index (κ2) is 6.41. The van der Waals surface area contributed by atoms with Gasteiger partial charge in [-0.25, -0.2) is 4.79 Å². The number of carbonyl (C=O) groups is 2. The van der Waals surface area contributed by atoms with Gasteiger partial charge in [0.05, 0.1) is 0 Å². The minimum atomic E-state index is -1.04. The Morgan fingerprint density at radius 1 is 1.35 bits per heavy atom. The second-order valence-electron chi connectivity index (χ2n) is 4.26. The molecule has 0 radical (unpaired) electrons. The van der Waals surface area contributed by atoms with E-state index in [0.29, 0.717) is 19.6 Å². The van der Waals surface area contributed by atoms with Crippen LogP contribution in [0.3, 0.4) is 0 Å². The molecule has 1 fully saturated rings. The predicted octanol–water partition coefficient (Wildman–Crippen LogP) is -1.25. The van der Waals surface area contributed by atoms with E-state index in [9.17, 15) is 9.59 Å². The Kier molecular flexibility index (Phi) is 5.17. The highest BCUT2D eigenvalue weighted by atomic mass is 16.4. The van der Waals surface area contributed by atoms with Gasteiger partial charge in [0, 0.05) is 32.7 Å². The number of carboxylic acids is 1. The van der Waals surface area contributed by atoms with E-state index in [-0.39, 0.29) is 12.5 Å². The van der Waals surface area contributed by atoms with Crippen molar-refractivity contribution in [1.29, 1.82) is 0 Å². The van der Waals surface area contributed by atoms with Crippen molar-refractivity contribution < 1.29 is 14.7 Å². The van der Waals surface area contributed by atoms with Gasteiger partial charge < -0.3 is 26.0 Å².